The summed E-state index contributed by atoms with van der Waals surface area (Å²) in [7, 11) is 1.51. The average Bonchev–Trinajstić information content (AvgIpc) is 2.74. The number of nitrogens with two attached hydrogens (primary N) is 1. The van der Waals surface area contributed by atoms with E-state index in [0.717, 1.165) is 19.3 Å². The molecule has 1 aromatic carbocycles. The molecule has 1 atom stereocenters. The predicted molar refractivity (Wildman–Crippen MR) is 126 cm³/mol. The molecule has 0 aromatic heterocycles. The van der Waals surface area contributed by atoms with E-state index >= 15 is 0 Å². The fourth-order valence-corrected chi connectivity index (χ4v) is 3.38. The van der Waals surface area contributed by atoms with Gasteiger partial charge in [-0.25, -0.2) is 4.79 Å². The lowest BCUT2D eigenvalue weighted by atomic mass is 9.97. The van der Waals surface area contributed by atoms with Crippen LogP contribution in [-0.2, 0) is 16.0 Å². The second-order valence-corrected chi connectivity index (χ2v) is 8.79. The Bertz CT molecular complexity index is 807. The second kappa shape index (κ2) is 13.6. The third kappa shape index (κ3) is 10.1. The van der Waals surface area contributed by atoms with Crippen LogP contribution in [0.15, 0.2) is 12.1 Å². The number of amides is 2. The van der Waals surface area contributed by atoms with Gasteiger partial charge in [0.25, 0.3) is 5.69 Å². The summed E-state index contributed by atoms with van der Waals surface area (Å²) in [5.74, 6) is 0.502. The summed E-state index contributed by atoms with van der Waals surface area (Å²) in [6.07, 6.45) is 3.07. The van der Waals surface area contributed by atoms with Gasteiger partial charge in [-0.3, -0.25) is 14.9 Å². The molecule has 0 fully saturated rings. The van der Waals surface area contributed by atoms with Crippen molar-refractivity contribution >= 4 is 17.7 Å². The zero-order chi connectivity index (χ0) is 25.0. The van der Waals surface area contributed by atoms with Gasteiger partial charge in [0.05, 0.1) is 23.6 Å². The Morgan fingerprint density at radius 1 is 1.21 bits per heavy atom. The van der Waals surface area contributed by atoms with E-state index in [1.807, 2.05) is 6.92 Å². The summed E-state index contributed by atoms with van der Waals surface area (Å²) in [4.78, 5) is 35.2. The fraction of sp³-hybridized carbons (Fsp3) is 0.652. The summed E-state index contributed by atoms with van der Waals surface area (Å²) < 4.78 is 10.8. The molecule has 0 aliphatic heterocycles. The molecular formula is C23H38N4O6. The van der Waals surface area contributed by atoms with Crippen LogP contribution in [-0.4, -0.2) is 42.7 Å². The Labute approximate surface area is 195 Å². The monoisotopic (exact) mass is 466 g/mol. The molecule has 1 aromatic rings. The summed E-state index contributed by atoms with van der Waals surface area (Å²) in [5, 5.41) is 17.3. The molecule has 0 saturated carbocycles. The maximum Gasteiger partial charge on any atom is 0.408 e. The van der Waals surface area contributed by atoms with E-state index in [4.69, 9.17) is 15.2 Å². The maximum atomic E-state index is 12.2. The summed E-state index contributed by atoms with van der Waals surface area (Å²) in [6, 6.07) is 2.54. The highest BCUT2D eigenvalue weighted by Gasteiger charge is 2.27. The van der Waals surface area contributed by atoms with Crippen LogP contribution in [0.3, 0.4) is 0 Å². The lowest BCUT2D eigenvalue weighted by molar-refractivity contribution is -0.385. The molecule has 0 bridgehead atoms. The Morgan fingerprint density at radius 2 is 1.91 bits per heavy atom. The van der Waals surface area contributed by atoms with Crippen molar-refractivity contribution in [2.45, 2.75) is 77.9 Å². The third-order valence-corrected chi connectivity index (χ3v) is 4.92. The van der Waals surface area contributed by atoms with E-state index in [0.29, 0.717) is 49.2 Å². The Kier molecular flexibility index (Phi) is 11.6. The van der Waals surface area contributed by atoms with Crippen molar-refractivity contribution in [2.75, 3.05) is 20.2 Å². The number of nitrogens with one attached hydrogen (secondary N) is 2. The number of nitrogens with zero attached hydrogens (tertiary/aromatic N) is 1. The van der Waals surface area contributed by atoms with Gasteiger partial charge in [0.2, 0.25) is 5.91 Å². The van der Waals surface area contributed by atoms with Gasteiger partial charge in [-0.15, -0.1) is 0 Å². The number of hydrogen-bond donors (Lipinski definition) is 3. The van der Waals surface area contributed by atoms with Gasteiger partial charge >= 0.3 is 6.09 Å². The molecule has 0 saturated heterocycles. The number of rotatable bonds is 13. The number of nitro benzene ring substituents is 1. The molecule has 0 aliphatic carbocycles. The lowest BCUT2D eigenvalue weighted by Gasteiger charge is -2.23. The van der Waals surface area contributed by atoms with E-state index in [-0.39, 0.29) is 11.6 Å². The molecule has 0 radical (unpaired) electrons. The molecule has 0 heterocycles. The van der Waals surface area contributed by atoms with Gasteiger partial charge in [-0.2, -0.15) is 0 Å². The summed E-state index contributed by atoms with van der Waals surface area (Å²) in [5.41, 5.74) is 5.69. The number of carbonyl (C=O) groups excluding carboxylic acids is 2. The fourth-order valence-electron chi connectivity index (χ4n) is 3.38. The quantitative estimate of drug-likeness (QED) is 0.228. The van der Waals surface area contributed by atoms with Gasteiger partial charge in [-0.05, 0) is 52.5 Å². The molecular weight excluding hydrogens is 428 g/mol. The minimum absolute atomic E-state index is 0.0267. The highest BCUT2D eigenvalue weighted by molar-refractivity contribution is 5.75. The standard InChI is InChI=1S/C23H38N4O6/c1-6-18(26-22(29)33-23(2,3)4)17-15-20(32-5)16(14-19(17)27(30)31)10-8-7-9-11-21(28)25-13-12-24/h14-15,18H,6-13,24H2,1-5H3,(H,25,28)(H,26,29). The number of methoxy groups -OCH3 is 1. The molecule has 33 heavy (non-hydrogen) atoms. The van der Waals surface area contributed by atoms with E-state index in [2.05, 4.69) is 10.6 Å². The average molecular weight is 467 g/mol. The molecule has 10 nitrogen and oxygen atoms in total. The number of unbranched alkanes of at least 4 members (excludes halogenated alkanes) is 2. The first-order valence-electron chi connectivity index (χ1n) is 11.3. The first-order chi connectivity index (χ1) is 15.5. The minimum atomic E-state index is -0.680. The summed E-state index contributed by atoms with van der Waals surface area (Å²) in [6.45, 7) is 7.96. The molecule has 10 heteroatoms. The zero-order valence-corrected chi connectivity index (χ0v) is 20.4. The number of carbonyl (C=O) groups is 2. The van der Waals surface area contributed by atoms with Crippen molar-refractivity contribution in [2.24, 2.45) is 5.73 Å². The van der Waals surface area contributed by atoms with Crippen molar-refractivity contribution in [1.29, 1.82) is 0 Å². The SMILES string of the molecule is CCC(NC(=O)OC(C)(C)C)c1cc(OC)c(CCCCCC(=O)NCCN)cc1[N+](=O)[O-]. The topological polar surface area (TPSA) is 146 Å². The highest BCUT2D eigenvalue weighted by Crippen LogP contribution is 2.35. The Balaban J connectivity index is 2.93. The number of aryl methyl sites for hydroxylation is 1. The Hall–Kier alpha value is -2.88. The van der Waals surface area contributed by atoms with Crippen molar-refractivity contribution in [3.63, 3.8) is 0 Å². The van der Waals surface area contributed by atoms with Gasteiger partial charge in [0.1, 0.15) is 11.4 Å². The third-order valence-electron chi connectivity index (χ3n) is 4.92. The molecule has 1 rings (SSSR count). The van der Waals surface area contributed by atoms with E-state index < -0.39 is 22.7 Å². The van der Waals surface area contributed by atoms with Gasteiger partial charge in [0, 0.05) is 31.1 Å². The van der Waals surface area contributed by atoms with Crippen LogP contribution >= 0.6 is 0 Å². The molecule has 2 amide bonds. The first-order valence-corrected chi connectivity index (χ1v) is 11.3. The van der Waals surface area contributed by atoms with Gasteiger partial charge in [0.15, 0.2) is 0 Å². The van der Waals surface area contributed by atoms with Crippen molar-refractivity contribution in [1.82, 2.24) is 10.6 Å². The maximum absolute atomic E-state index is 12.2. The van der Waals surface area contributed by atoms with E-state index in [1.165, 1.54) is 13.2 Å². The molecule has 1 unspecified atom stereocenters. The number of alkyl carbamates (subject to hydrolysis) is 1. The first kappa shape index (κ1) is 28.2. The van der Waals surface area contributed by atoms with Gasteiger partial charge < -0.3 is 25.8 Å². The van der Waals surface area contributed by atoms with Crippen molar-refractivity contribution in [3.05, 3.63) is 33.4 Å². The van der Waals surface area contributed by atoms with Crippen molar-refractivity contribution < 1.29 is 24.0 Å². The van der Waals surface area contributed by atoms with E-state index in [1.54, 1.807) is 26.8 Å². The highest BCUT2D eigenvalue weighted by atomic mass is 16.6. The molecule has 0 spiro atoms. The van der Waals surface area contributed by atoms with Crippen LogP contribution in [0.1, 0.15) is 77.0 Å². The number of benzene rings is 1. The Morgan fingerprint density at radius 3 is 2.45 bits per heavy atom. The summed E-state index contributed by atoms with van der Waals surface area (Å²) >= 11 is 0. The smallest absolute Gasteiger partial charge is 0.408 e. The van der Waals surface area contributed by atoms with Crippen LogP contribution < -0.4 is 21.1 Å². The van der Waals surface area contributed by atoms with Crippen molar-refractivity contribution in [3.8, 4) is 5.75 Å². The van der Waals surface area contributed by atoms with Crippen LogP contribution in [0.5, 0.6) is 5.75 Å². The number of ether oxygens (including phenoxy) is 2. The van der Waals surface area contributed by atoms with Crippen LogP contribution in [0.2, 0.25) is 0 Å². The van der Waals surface area contributed by atoms with Gasteiger partial charge in [-0.1, -0.05) is 13.3 Å². The molecule has 186 valence electrons. The second-order valence-electron chi connectivity index (χ2n) is 8.79. The van der Waals surface area contributed by atoms with Crippen LogP contribution in [0.4, 0.5) is 10.5 Å². The zero-order valence-electron chi connectivity index (χ0n) is 20.4. The predicted octanol–water partition coefficient (Wildman–Crippen LogP) is 3.76. The molecule has 4 N–H and O–H groups in total. The molecule has 0 aliphatic rings. The lowest BCUT2D eigenvalue weighted by Crippen LogP contribution is -2.35. The number of hydrogen-bond acceptors (Lipinski definition) is 7. The van der Waals surface area contributed by atoms with Crippen LogP contribution in [0, 0.1) is 10.1 Å². The number of nitro groups is 1. The largest absolute Gasteiger partial charge is 0.496 e. The van der Waals surface area contributed by atoms with Crippen LogP contribution in [0.25, 0.3) is 0 Å². The normalized spacial score (nSPS) is 12.1. The minimum Gasteiger partial charge on any atom is -0.496 e. The van der Waals surface area contributed by atoms with E-state index in [9.17, 15) is 19.7 Å².